The Morgan fingerprint density at radius 2 is 1.44 bits per heavy atom. The molecule has 0 N–H and O–H groups in total. The van der Waals surface area contributed by atoms with Crippen LogP contribution in [0.15, 0.2) is 48.5 Å². The van der Waals surface area contributed by atoms with Crippen LogP contribution in [0.5, 0.6) is 0 Å². The fourth-order valence-electron chi connectivity index (χ4n) is 4.32. The van der Waals surface area contributed by atoms with E-state index in [2.05, 4.69) is 6.92 Å². The van der Waals surface area contributed by atoms with E-state index in [1.807, 2.05) is 0 Å². The summed E-state index contributed by atoms with van der Waals surface area (Å²) in [6.45, 7) is 2.06. The monoisotopic (exact) mass is 442 g/mol. The fourth-order valence-corrected chi connectivity index (χ4v) is 4.32. The topological polar surface area (TPSA) is 0 Å². The smallest absolute Gasteiger partial charge is 0.137 e. The second-order valence-corrected chi connectivity index (χ2v) is 8.19. The molecule has 3 aromatic rings. The number of allylic oxidation sites excluding steroid dienone is 2. The molecule has 0 radical (unpaired) electrons. The van der Waals surface area contributed by atoms with Gasteiger partial charge in [-0.15, -0.1) is 0 Å². The van der Waals surface area contributed by atoms with Gasteiger partial charge in [-0.05, 0) is 83.8 Å². The third-order valence-electron chi connectivity index (χ3n) is 5.97. The van der Waals surface area contributed by atoms with Crippen LogP contribution in [0.2, 0.25) is 0 Å². The highest BCUT2D eigenvalue weighted by molar-refractivity contribution is 5.74. The molecule has 4 rings (SSSR count). The van der Waals surface area contributed by atoms with Gasteiger partial charge in [0.15, 0.2) is 0 Å². The van der Waals surface area contributed by atoms with E-state index in [0.29, 0.717) is 23.1 Å². The number of benzene rings is 3. The SMILES string of the molecule is CCCCCc1cc(F)c(C2=CCc3c(cc(F)c(-c4ccc(F)cc4)c3F)C2)c(F)c1. The number of rotatable bonds is 6. The molecule has 0 unspecified atom stereocenters. The normalized spacial score (nSPS) is 13.1. The highest BCUT2D eigenvalue weighted by Crippen LogP contribution is 2.37. The largest absolute Gasteiger partial charge is 0.207 e. The van der Waals surface area contributed by atoms with E-state index in [1.54, 1.807) is 6.08 Å². The summed E-state index contributed by atoms with van der Waals surface area (Å²) in [6, 6.07) is 8.83. The molecule has 0 nitrogen and oxygen atoms in total. The first-order valence-electron chi connectivity index (χ1n) is 10.8. The molecule has 0 amide bonds. The highest BCUT2D eigenvalue weighted by atomic mass is 19.1. The van der Waals surface area contributed by atoms with Crippen LogP contribution in [0.4, 0.5) is 22.0 Å². The molecule has 0 saturated heterocycles. The quantitative estimate of drug-likeness (QED) is 0.268. The van der Waals surface area contributed by atoms with Gasteiger partial charge in [-0.1, -0.05) is 38.0 Å². The van der Waals surface area contributed by atoms with E-state index in [4.69, 9.17) is 0 Å². The fraction of sp³-hybridized carbons (Fsp3) is 0.259. The molecule has 0 heterocycles. The van der Waals surface area contributed by atoms with Crippen molar-refractivity contribution in [2.24, 2.45) is 0 Å². The van der Waals surface area contributed by atoms with E-state index in [0.717, 1.165) is 31.4 Å². The van der Waals surface area contributed by atoms with Crippen LogP contribution in [0.1, 0.15) is 48.4 Å². The second-order valence-electron chi connectivity index (χ2n) is 8.19. The number of fused-ring (bicyclic) bond motifs is 1. The first kappa shape index (κ1) is 22.3. The van der Waals surface area contributed by atoms with E-state index < -0.39 is 29.1 Å². The maximum atomic E-state index is 15.2. The number of hydrogen-bond donors (Lipinski definition) is 0. The summed E-state index contributed by atoms with van der Waals surface area (Å²) in [5.74, 6) is -3.33. The Balaban J connectivity index is 1.65. The summed E-state index contributed by atoms with van der Waals surface area (Å²) in [6.07, 6.45) is 5.18. The molecule has 1 aliphatic carbocycles. The predicted molar refractivity (Wildman–Crippen MR) is 117 cm³/mol. The van der Waals surface area contributed by atoms with Gasteiger partial charge in [-0.2, -0.15) is 0 Å². The first-order chi connectivity index (χ1) is 15.4. The Kier molecular flexibility index (Phi) is 6.45. The van der Waals surface area contributed by atoms with Gasteiger partial charge in [0.1, 0.15) is 29.1 Å². The molecular weight excluding hydrogens is 419 g/mol. The van der Waals surface area contributed by atoms with Crippen molar-refractivity contribution in [3.63, 3.8) is 0 Å². The Hall–Kier alpha value is -2.95. The molecule has 0 fully saturated rings. The van der Waals surface area contributed by atoms with Crippen molar-refractivity contribution in [1.29, 1.82) is 0 Å². The third kappa shape index (κ3) is 4.34. The van der Waals surface area contributed by atoms with Gasteiger partial charge in [-0.3, -0.25) is 0 Å². The lowest BCUT2D eigenvalue weighted by molar-refractivity contribution is 0.568. The number of halogens is 5. The zero-order valence-corrected chi connectivity index (χ0v) is 17.8. The van der Waals surface area contributed by atoms with Crippen molar-refractivity contribution in [1.82, 2.24) is 0 Å². The molecule has 0 spiro atoms. The third-order valence-corrected chi connectivity index (χ3v) is 5.97. The van der Waals surface area contributed by atoms with Crippen molar-refractivity contribution >= 4 is 5.57 Å². The Bertz CT molecular complexity index is 1150. The average Bonchev–Trinajstić information content (AvgIpc) is 2.74. The van der Waals surface area contributed by atoms with Gasteiger partial charge in [0.25, 0.3) is 0 Å². The van der Waals surface area contributed by atoms with Crippen LogP contribution in [0, 0.1) is 29.1 Å². The van der Waals surface area contributed by atoms with Crippen molar-refractivity contribution < 1.29 is 22.0 Å². The molecular formula is C27H23F5. The maximum absolute atomic E-state index is 15.2. The van der Waals surface area contributed by atoms with Crippen molar-refractivity contribution in [2.45, 2.75) is 45.4 Å². The first-order valence-corrected chi connectivity index (χ1v) is 10.8. The van der Waals surface area contributed by atoms with Crippen LogP contribution in [-0.4, -0.2) is 0 Å². The Morgan fingerprint density at radius 3 is 2.09 bits per heavy atom. The average molecular weight is 442 g/mol. The molecule has 166 valence electrons. The zero-order chi connectivity index (χ0) is 22.8. The summed E-state index contributed by atoms with van der Waals surface area (Å²) < 4.78 is 72.8. The summed E-state index contributed by atoms with van der Waals surface area (Å²) in [5.41, 5.74) is 1.49. The number of hydrogen-bond acceptors (Lipinski definition) is 0. The lowest BCUT2D eigenvalue weighted by atomic mass is 9.85. The number of aryl methyl sites for hydroxylation is 1. The van der Waals surface area contributed by atoms with E-state index in [9.17, 15) is 17.6 Å². The zero-order valence-electron chi connectivity index (χ0n) is 17.8. The summed E-state index contributed by atoms with van der Waals surface area (Å²) in [5, 5.41) is 0. The number of unbranched alkanes of at least 4 members (excludes halogenated alkanes) is 2. The van der Waals surface area contributed by atoms with Gasteiger partial charge in [0.2, 0.25) is 0 Å². The Labute approximate surface area is 184 Å². The van der Waals surface area contributed by atoms with Crippen molar-refractivity contribution in [2.75, 3.05) is 0 Å². The minimum Gasteiger partial charge on any atom is -0.207 e. The lowest BCUT2D eigenvalue weighted by Crippen LogP contribution is -2.10. The molecule has 5 heteroatoms. The van der Waals surface area contributed by atoms with Crippen LogP contribution in [0.3, 0.4) is 0 Å². The molecule has 3 aromatic carbocycles. The summed E-state index contributed by atoms with van der Waals surface area (Å²) in [7, 11) is 0. The molecule has 0 aromatic heterocycles. The minimum absolute atomic E-state index is 0.0237. The molecule has 32 heavy (non-hydrogen) atoms. The van der Waals surface area contributed by atoms with E-state index >= 15 is 4.39 Å². The van der Waals surface area contributed by atoms with Gasteiger partial charge in [0.05, 0.1) is 5.56 Å². The minimum atomic E-state index is -0.790. The van der Waals surface area contributed by atoms with E-state index in [1.165, 1.54) is 30.3 Å². The molecule has 0 bridgehead atoms. The van der Waals surface area contributed by atoms with Crippen LogP contribution >= 0.6 is 0 Å². The summed E-state index contributed by atoms with van der Waals surface area (Å²) >= 11 is 0. The molecule has 0 aliphatic heterocycles. The van der Waals surface area contributed by atoms with Crippen LogP contribution in [0.25, 0.3) is 16.7 Å². The lowest BCUT2D eigenvalue weighted by Gasteiger charge is -2.21. The van der Waals surface area contributed by atoms with Gasteiger partial charge >= 0.3 is 0 Å². The molecule has 1 aliphatic rings. The molecule has 0 atom stereocenters. The van der Waals surface area contributed by atoms with Gasteiger partial charge < -0.3 is 0 Å². The van der Waals surface area contributed by atoms with Gasteiger partial charge in [-0.25, -0.2) is 22.0 Å². The van der Waals surface area contributed by atoms with Crippen LogP contribution < -0.4 is 0 Å². The summed E-state index contributed by atoms with van der Waals surface area (Å²) in [4.78, 5) is 0. The van der Waals surface area contributed by atoms with Crippen molar-refractivity contribution in [3.05, 3.63) is 99.9 Å². The highest BCUT2D eigenvalue weighted by Gasteiger charge is 2.25. The standard InChI is InChI=1S/C27H23F5/c1-2-3-4-5-16-12-22(29)25(23(30)13-16)18-8-11-21-19(14-18)15-24(31)26(27(21)32)17-6-9-20(28)10-7-17/h6-10,12-13,15H,2-5,11,14H2,1H3. The maximum Gasteiger partial charge on any atom is 0.137 e. The second kappa shape index (κ2) is 9.27. The Morgan fingerprint density at radius 1 is 0.781 bits per heavy atom. The van der Waals surface area contributed by atoms with Crippen LogP contribution in [-0.2, 0) is 19.3 Å². The van der Waals surface area contributed by atoms with Gasteiger partial charge in [0, 0.05) is 5.56 Å². The predicted octanol–water partition coefficient (Wildman–Crippen LogP) is 7.96. The molecule has 0 saturated carbocycles. The van der Waals surface area contributed by atoms with Crippen molar-refractivity contribution in [3.8, 4) is 11.1 Å². The van der Waals surface area contributed by atoms with E-state index in [-0.39, 0.29) is 35.1 Å².